The normalized spacial score (nSPS) is 10.8. The highest BCUT2D eigenvalue weighted by molar-refractivity contribution is 9.10. The van der Waals surface area contributed by atoms with Crippen LogP contribution in [-0.2, 0) is 17.6 Å². The Morgan fingerprint density at radius 1 is 1.18 bits per heavy atom. The Bertz CT molecular complexity index is 806. The number of rotatable bonds is 4. The van der Waals surface area contributed by atoms with Crippen LogP contribution in [0.4, 0.5) is 5.69 Å². The number of furan rings is 1. The van der Waals surface area contributed by atoms with Crippen LogP contribution in [0, 0.1) is 0 Å². The number of aryl methyl sites for hydroxylation is 1. The molecule has 0 saturated heterocycles. The van der Waals surface area contributed by atoms with Gasteiger partial charge in [-0.1, -0.05) is 28.9 Å². The number of carbonyl (C=O) groups excluding carboxylic acids is 1. The largest absolute Gasteiger partial charge is 0.464 e. The topological polar surface area (TPSA) is 42.2 Å². The molecule has 1 amide bonds. The lowest BCUT2D eigenvalue weighted by molar-refractivity contribution is -0.115. The maximum Gasteiger partial charge on any atom is 0.228 e. The molecule has 3 nitrogen and oxygen atoms in total. The van der Waals surface area contributed by atoms with Gasteiger partial charge < -0.3 is 9.73 Å². The second kappa shape index (κ2) is 6.36. The fourth-order valence-electron chi connectivity index (χ4n) is 2.40. The van der Waals surface area contributed by atoms with E-state index in [9.17, 15) is 4.79 Å². The quantitative estimate of drug-likeness (QED) is 0.718. The van der Waals surface area contributed by atoms with Crippen molar-refractivity contribution in [2.45, 2.75) is 19.8 Å². The molecular formula is C18H16BrNO2. The predicted octanol–water partition coefficient (Wildman–Crippen LogP) is 4.94. The van der Waals surface area contributed by atoms with Gasteiger partial charge >= 0.3 is 0 Å². The van der Waals surface area contributed by atoms with Crippen molar-refractivity contribution in [2.75, 3.05) is 5.32 Å². The molecule has 4 heteroatoms. The van der Waals surface area contributed by atoms with Gasteiger partial charge in [0.1, 0.15) is 5.58 Å². The summed E-state index contributed by atoms with van der Waals surface area (Å²) in [7, 11) is 0. The van der Waals surface area contributed by atoms with E-state index >= 15 is 0 Å². The smallest absolute Gasteiger partial charge is 0.228 e. The number of carbonyl (C=O) groups is 1. The number of nitrogens with one attached hydrogen (secondary N) is 1. The third kappa shape index (κ3) is 3.22. The molecule has 0 aliphatic carbocycles. The molecule has 3 rings (SSSR count). The maximum absolute atomic E-state index is 12.2. The number of hydrogen-bond acceptors (Lipinski definition) is 2. The van der Waals surface area contributed by atoms with Crippen LogP contribution in [0.25, 0.3) is 11.0 Å². The van der Waals surface area contributed by atoms with Crippen LogP contribution in [0.3, 0.4) is 0 Å². The molecule has 0 atom stereocenters. The SMILES string of the molecule is CCc1ccc2occ(CC(=O)Nc3ccc(Br)cc3)c2c1. The summed E-state index contributed by atoms with van der Waals surface area (Å²) in [4.78, 5) is 12.2. The first kappa shape index (κ1) is 14.9. The molecule has 0 aliphatic rings. The van der Waals surface area contributed by atoms with Gasteiger partial charge in [0.15, 0.2) is 0 Å². The van der Waals surface area contributed by atoms with E-state index in [2.05, 4.69) is 40.3 Å². The fourth-order valence-corrected chi connectivity index (χ4v) is 2.66. The van der Waals surface area contributed by atoms with Crippen LogP contribution in [0.1, 0.15) is 18.1 Å². The summed E-state index contributed by atoms with van der Waals surface area (Å²) in [5.74, 6) is -0.0491. The van der Waals surface area contributed by atoms with Crippen molar-refractivity contribution in [3.05, 3.63) is 64.3 Å². The molecule has 0 aliphatic heterocycles. The lowest BCUT2D eigenvalue weighted by atomic mass is 10.1. The van der Waals surface area contributed by atoms with Crippen molar-refractivity contribution in [2.24, 2.45) is 0 Å². The monoisotopic (exact) mass is 357 g/mol. The Balaban J connectivity index is 1.77. The standard InChI is InChI=1S/C18H16BrNO2/c1-2-12-3-8-17-16(9-12)13(11-22-17)10-18(21)20-15-6-4-14(19)5-7-15/h3-9,11H,2,10H2,1H3,(H,20,21). The highest BCUT2D eigenvalue weighted by atomic mass is 79.9. The van der Waals surface area contributed by atoms with Crippen LogP contribution in [-0.4, -0.2) is 5.91 Å². The van der Waals surface area contributed by atoms with Gasteiger partial charge in [-0.2, -0.15) is 0 Å². The lowest BCUT2D eigenvalue weighted by Gasteiger charge is -2.05. The molecule has 0 saturated carbocycles. The Labute approximate surface area is 137 Å². The molecule has 112 valence electrons. The van der Waals surface area contributed by atoms with Crippen molar-refractivity contribution in [3.63, 3.8) is 0 Å². The van der Waals surface area contributed by atoms with Crippen LogP contribution in [0.2, 0.25) is 0 Å². The first-order chi connectivity index (χ1) is 10.7. The van der Waals surface area contributed by atoms with Gasteiger partial charge in [0.05, 0.1) is 12.7 Å². The summed E-state index contributed by atoms with van der Waals surface area (Å²) in [5.41, 5.74) is 3.77. The Hall–Kier alpha value is -2.07. The van der Waals surface area contributed by atoms with Gasteiger partial charge in [-0.05, 0) is 48.4 Å². The first-order valence-corrected chi connectivity index (χ1v) is 7.99. The summed E-state index contributed by atoms with van der Waals surface area (Å²) < 4.78 is 6.51. The molecule has 2 aromatic carbocycles. The second-order valence-corrected chi connectivity index (χ2v) is 6.09. The summed E-state index contributed by atoms with van der Waals surface area (Å²) >= 11 is 3.38. The van der Waals surface area contributed by atoms with Crippen LogP contribution < -0.4 is 5.32 Å². The van der Waals surface area contributed by atoms with E-state index in [4.69, 9.17) is 4.42 Å². The lowest BCUT2D eigenvalue weighted by Crippen LogP contribution is -2.14. The minimum atomic E-state index is -0.0491. The highest BCUT2D eigenvalue weighted by Gasteiger charge is 2.11. The Morgan fingerprint density at radius 3 is 2.68 bits per heavy atom. The molecule has 1 aromatic heterocycles. The van der Waals surface area contributed by atoms with E-state index in [0.29, 0.717) is 6.42 Å². The third-order valence-electron chi connectivity index (χ3n) is 3.61. The van der Waals surface area contributed by atoms with E-state index in [-0.39, 0.29) is 5.91 Å². The summed E-state index contributed by atoms with van der Waals surface area (Å²) in [6.07, 6.45) is 2.94. The number of anilines is 1. The Kier molecular flexibility index (Phi) is 4.29. The summed E-state index contributed by atoms with van der Waals surface area (Å²) in [5, 5.41) is 3.92. The zero-order valence-electron chi connectivity index (χ0n) is 12.2. The molecule has 0 fully saturated rings. The molecule has 3 aromatic rings. The van der Waals surface area contributed by atoms with E-state index in [1.807, 2.05) is 30.3 Å². The Morgan fingerprint density at radius 2 is 1.95 bits per heavy atom. The summed E-state index contributed by atoms with van der Waals surface area (Å²) in [6, 6.07) is 13.6. The predicted molar refractivity (Wildman–Crippen MR) is 92.1 cm³/mol. The molecule has 0 bridgehead atoms. The van der Waals surface area contributed by atoms with Gasteiger partial charge in [0, 0.05) is 21.1 Å². The zero-order valence-corrected chi connectivity index (χ0v) is 13.8. The summed E-state index contributed by atoms with van der Waals surface area (Å²) in [6.45, 7) is 2.11. The van der Waals surface area contributed by atoms with Crippen LogP contribution in [0.15, 0.2) is 57.6 Å². The van der Waals surface area contributed by atoms with Crippen molar-refractivity contribution < 1.29 is 9.21 Å². The van der Waals surface area contributed by atoms with Crippen LogP contribution >= 0.6 is 15.9 Å². The van der Waals surface area contributed by atoms with Crippen molar-refractivity contribution in [3.8, 4) is 0 Å². The molecule has 0 radical (unpaired) electrons. The van der Waals surface area contributed by atoms with E-state index in [1.165, 1.54) is 5.56 Å². The average molecular weight is 358 g/mol. The van der Waals surface area contributed by atoms with Crippen molar-refractivity contribution >= 4 is 38.5 Å². The van der Waals surface area contributed by atoms with Crippen molar-refractivity contribution in [1.82, 2.24) is 0 Å². The van der Waals surface area contributed by atoms with Gasteiger partial charge in [-0.15, -0.1) is 0 Å². The number of amides is 1. The van der Waals surface area contributed by atoms with Crippen LogP contribution in [0.5, 0.6) is 0 Å². The van der Waals surface area contributed by atoms with E-state index in [1.54, 1.807) is 6.26 Å². The highest BCUT2D eigenvalue weighted by Crippen LogP contribution is 2.24. The number of benzene rings is 2. The molecule has 1 heterocycles. The number of fused-ring (bicyclic) bond motifs is 1. The zero-order chi connectivity index (χ0) is 15.5. The molecule has 0 unspecified atom stereocenters. The average Bonchev–Trinajstić information content (AvgIpc) is 2.91. The number of halogens is 1. The van der Waals surface area contributed by atoms with E-state index < -0.39 is 0 Å². The maximum atomic E-state index is 12.2. The molecule has 22 heavy (non-hydrogen) atoms. The van der Waals surface area contributed by atoms with Gasteiger partial charge in [0.25, 0.3) is 0 Å². The minimum absolute atomic E-state index is 0.0491. The van der Waals surface area contributed by atoms with Gasteiger partial charge in [-0.25, -0.2) is 0 Å². The molecular weight excluding hydrogens is 342 g/mol. The van der Waals surface area contributed by atoms with Crippen molar-refractivity contribution in [1.29, 1.82) is 0 Å². The first-order valence-electron chi connectivity index (χ1n) is 7.20. The second-order valence-electron chi connectivity index (χ2n) is 5.18. The number of hydrogen-bond donors (Lipinski definition) is 1. The van der Waals surface area contributed by atoms with Gasteiger partial charge in [-0.3, -0.25) is 4.79 Å². The molecule has 0 spiro atoms. The molecule has 1 N–H and O–H groups in total. The fraction of sp³-hybridized carbons (Fsp3) is 0.167. The third-order valence-corrected chi connectivity index (χ3v) is 4.13. The van der Waals surface area contributed by atoms with E-state index in [0.717, 1.165) is 33.1 Å². The van der Waals surface area contributed by atoms with Gasteiger partial charge in [0.2, 0.25) is 5.91 Å². The minimum Gasteiger partial charge on any atom is -0.464 e.